The maximum Gasteiger partial charge on any atom is 0.419 e. The highest BCUT2D eigenvalue weighted by Gasteiger charge is 2.35. The van der Waals surface area contributed by atoms with Gasteiger partial charge in [0.2, 0.25) is 0 Å². The van der Waals surface area contributed by atoms with Gasteiger partial charge in [0.15, 0.2) is 0 Å². The molecule has 0 unspecified atom stereocenters. The van der Waals surface area contributed by atoms with Gasteiger partial charge < -0.3 is 5.11 Å². The molecule has 28 heavy (non-hydrogen) atoms. The number of carboxylic acids is 1. The maximum absolute atomic E-state index is 14.1. The first-order chi connectivity index (χ1) is 13.2. The van der Waals surface area contributed by atoms with E-state index in [-0.39, 0.29) is 29.6 Å². The molecule has 0 bridgehead atoms. The number of aliphatic carboxylic acids is 1. The first-order valence-electron chi connectivity index (χ1n) is 9.48. The van der Waals surface area contributed by atoms with Crippen LogP contribution in [0.15, 0.2) is 24.3 Å². The molecular weight excluding hydrogens is 376 g/mol. The number of ketones is 1. The standard InChI is InChI=1S/C21H24F4O3/c22-20-15(6-5-8-17(20)21(23,24)25)11-10-14-12-13-18(26)16(14)7-3-1-2-4-9-19(27)28/h5-6,8,10-11,14,16H,1-4,7,9,12-13H2,(H,27,28)/t14-,16+/m1/s1. The average molecular weight is 400 g/mol. The maximum atomic E-state index is 14.1. The zero-order valence-electron chi connectivity index (χ0n) is 15.5. The van der Waals surface area contributed by atoms with Gasteiger partial charge in [0.25, 0.3) is 0 Å². The highest BCUT2D eigenvalue weighted by atomic mass is 19.4. The van der Waals surface area contributed by atoms with Crippen LogP contribution in [0.4, 0.5) is 17.6 Å². The molecular formula is C21H24F4O3. The number of rotatable bonds is 9. The predicted molar refractivity (Wildman–Crippen MR) is 97.0 cm³/mol. The summed E-state index contributed by atoms with van der Waals surface area (Å²) in [6.45, 7) is 0. The lowest BCUT2D eigenvalue weighted by atomic mass is 9.89. The summed E-state index contributed by atoms with van der Waals surface area (Å²) in [5.41, 5.74) is -1.43. The molecule has 1 saturated carbocycles. The number of hydrogen-bond donors (Lipinski definition) is 1. The fraction of sp³-hybridized carbons (Fsp3) is 0.524. The lowest BCUT2D eigenvalue weighted by Gasteiger charge is -2.15. The van der Waals surface area contributed by atoms with Gasteiger partial charge in [-0.1, -0.05) is 43.5 Å². The van der Waals surface area contributed by atoms with Crippen molar-refractivity contribution < 1.29 is 32.3 Å². The molecule has 2 rings (SSSR count). The van der Waals surface area contributed by atoms with E-state index in [1.165, 1.54) is 18.2 Å². The molecule has 0 heterocycles. The largest absolute Gasteiger partial charge is 0.481 e. The molecule has 3 nitrogen and oxygen atoms in total. The molecule has 7 heteroatoms. The van der Waals surface area contributed by atoms with Crippen LogP contribution in [-0.2, 0) is 15.8 Å². The van der Waals surface area contributed by atoms with Gasteiger partial charge >= 0.3 is 12.1 Å². The van der Waals surface area contributed by atoms with Crippen LogP contribution >= 0.6 is 0 Å². The molecule has 1 fully saturated rings. The van der Waals surface area contributed by atoms with E-state index in [9.17, 15) is 27.2 Å². The Morgan fingerprint density at radius 3 is 2.57 bits per heavy atom. The SMILES string of the molecule is O=C(O)CCCCCC[C@@H]1C(=O)CC[C@H]1C=Cc1cccc(C(F)(F)F)c1F. The fourth-order valence-corrected chi connectivity index (χ4v) is 3.66. The molecule has 154 valence electrons. The van der Waals surface area contributed by atoms with Gasteiger partial charge in [-0.2, -0.15) is 13.2 Å². The van der Waals surface area contributed by atoms with Crippen LogP contribution in [0, 0.1) is 17.7 Å². The molecule has 0 aliphatic heterocycles. The third kappa shape index (κ3) is 6.17. The molecule has 1 aliphatic rings. The van der Waals surface area contributed by atoms with Gasteiger partial charge in [-0.05, 0) is 31.2 Å². The zero-order chi connectivity index (χ0) is 20.7. The summed E-state index contributed by atoms with van der Waals surface area (Å²) in [4.78, 5) is 22.6. The quantitative estimate of drug-likeness (QED) is 0.416. The minimum Gasteiger partial charge on any atom is -0.481 e. The monoisotopic (exact) mass is 400 g/mol. The third-order valence-corrected chi connectivity index (χ3v) is 5.17. The van der Waals surface area contributed by atoms with E-state index in [0.29, 0.717) is 31.7 Å². The fourth-order valence-electron chi connectivity index (χ4n) is 3.66. The van der Waals surface area contributed by atoms with Gasteiger partial charge in [0, 0.05) is 24.3 Å². The number of alkyl halides is 3. The minimum atomic E-state index is -4.75. The van der Waals surface area contributed by atoms with Crippen molar-refractivity contribution in [1.29, 1.82) is 0 Å². The number of allylic oxidation sites excluding steroid dienone is 1. The number of carbonyl (C=O) groups excluding carboxylic acids is 1. The topological polar surface area (TPSA) is 54.4 Å². The molecule has 1 aliphatic carbocycles. The van der Waals surface area contributed by atoms with E-state index in [0.717, 1.165) is 19.3 Å². The number of hydrogen-bond acceptors (Lipinski definition) is 2. The van der Waals surface area contributed by atoms with Gasteiger partial charge in [0.05, 0.1) is 5.56 Å². The van der Waals surface area contributed by atoms with Crippen LogP contribution < -0.4 is 0 Å². The lowest BCUT2D eigenvalue weighted by molar-refractivity contribution is -0.140. The van der Waals surface area contributed by atoms with Crippen molar-refractivity contribution in [3.05, 3.63) is 41.2 Å². The van der Waals surface area contributed by atoms with E-state index < -0.39 is 23.5 Å². The number of carboxylic acid groups (broad SMARTS) is 1. The van der Waals surface area contributed by atoms with Crippen molar-refractivity contribution in [3.8, 4) is 0 Å². The van der Waals surface area contributed by atoms with Crippen LogP contribution in [0.3, 0.4) is 0 Å². The Balaban J connectivity index is 1.95. The number of halogens is 4. The molecule has 0 aromatic heterocycles. The second-order valence-corrected chi connectivity index (χ2v) is 7.19. The van der Waals surface area contributed by atoms with Crippen molar-refractivity contribution in [2.45, 2.75) is 57.5 Å². The Hall–Kier alpha value is -2.18. The second kappa shape index (κ2) is 9.85. The van der Waals surface area contributed by atoms with Crippen molar-refractivity contribution in [2.75, 3.05) is 0 Å². The molecule has 1 aromatic carbocycles. The van der Waals surface area contributed by atoms with Gasteiger partial charge in [-0.3, -0.25) is 9.59 Å². The average Bonchev–Trinajstić information content (AvgIpc) is 2.96. The van der Waals surface area contributed by atoms with Crippen LogP contribution in [0.2, 0.25) is 0 Å². The summed E-state index contributed by atoms with van der Waals surface area (Å²) >= 11 is 0. The molecule has 0 saturated heterocycles. The summed E-state index contributed by atoms with van der Waals surface area (Å²) in [7, 11) is 0. The molecule has 1 aromatic rings. The van der Waals surface area contributed by atoms with E-state index >= 15 is 0 Å². The number of Topliss-reactive ketones (excluding diaryl/α,β-unsaturated/α-hetero) is 1. The lowest BCUT2D eigenvalue weighted by Crippen LogP contribution is -2.13. The summed E-state index contributed by atoms with van der Waals surface area (Å²) in [6, 6.07) is 3.16. The van der Waals surface area contributed by atoms with Crippen LogP contribution in [-0.4, -0.2) is 16.9 Å². The minimum absolute atomic E-state index is 0.111. The highest BCUT2D eigenvalue weighted by Crippen LogP contribution is 2.36. The normalized spacial score (nSPS) is 20.2. The Labute approximate surface area is 161 Å². The third-order valence-electron chi connectivity index (χ3n) is 5.17. The summed E-state index contributed by atoms with van der Waals surface area (Å²) in [6.07, 6.45) is 3.07. The molecule has 0 amide bonds. The Morgan fingerprint density at radius 2 is 1.89 bits per heavy atom. The highest BCUT2D eigenvalue weighted by molar-refractivity contribution is 5.84. The van der Waals surface area contributed by atoms with Crippen molar-refractivity contribution in [3.63, 3.8) is 0 Å². The Morgan fingerprint density at radius 1 is 1.18 bits per heavy atom. The number of carbonyl (C=O) groups is 2. The summed E-state index contributed by atoms with van der Waals surface area (Å²) in [5.74, 6) is -2.31. The van der Waals surface area contributed by atoms with E-state index in [1.54, 1.807) is 6.08 Å². The van der Waals surface area contributed by atoms with Crippen LogP contribution in [0.25, 0.3) is 6.08 Å². The molecule has 0 radical (unpaired) electrons. The molecule has 2 atom stereocenters. The summed E-state index contributed by atoms with van der Waals surface area (Å²) < 4.78 is 52.6. The first-order valence-corrected chi connectivity index (χ1v) is 9.48. The Kier molecular flexibility index (Phi) is 7.78. The first kappa shape index (κ1) is 22.1. The number of benzene rings is 1. The molecule has 1 N–H and O–H groups in total. The van der Waals surface area contributed by atoms with E-state index in [1.807, 2.05) is 0 Å². The van der Waals surface area contributed by atoms with Crippen LogP contribution in [0.1, 0.15) is 62.5 Å². The van der Waals surface area contributed by atoms with Crippen LogP contribution in [0.5, 0.6) is 0 Å². The van der Waals surface area contributed by atoms with Crippen molar-refractivity contribution >= 4 is 17.8 Å². The van der Waals surface area contributed by atoms with Crippen molar-refractivity contribution in [2.24, 2.45) is 11.8 Å². The van der Waals surface area contributed by atoms with Crippen molar-refractivity contribution in [1.82, 2.24) is 0 Å². The zero-order valence-corrected chi connectivity index (χ0v) is 15.5. The number of unbranched alkanes of at least 4 members (excludes halogenated alkanes) is 3. The van der Waals surface area contributed by atoms with Gasteiger partial charge in [0.1, 0.15) is 11.6 Å². The Bertz CT molecular complexity index is 725. The summed E-state index contributed by atoms with van der Waals surface area (Å²) in [5, 5.41) is 8.60. The predicted octanol–water partition coefficient (Wildman–Crippen LogP) is 5.88. The smallest absolute Gasteiger partial charge is 0.419 e. The second-order valence-electron chi connectivity index (χ2n) is 7.19. The van der Waals surface area contributed by atoms with E-state index in [4.69, 9.17) is 5.11 Å². The van der Waals surface area contributed by atoms with E-state index in [2.05, 4.69) is 0 Å². The van der Waals surface area contributed by atoms with Gasteiger partial charge in [-0.25, -0.2) is 4.39 Å². The molecule has 0 spiro atoms. The van der Waals surface area contributed by atoms with Gasteiger partial charge in [-0.15, -0.1) is 0 Å².